The highest BCUT2D eigenvalue weighted by Gasteiger charge is 2.36. The second-order valence-electron chi connectivity index (χ2n) is 25.5. The highest BCUT2D eigenvalue weighted by atomic mass is 32.2. The Morgan fingerprint density at radius 2 is 0.742 bits per heavy atom. The van der Waals surface area contributed by atoms with Crippen LogP contribution in [0.15, 0.2) is 33.3 Å². The second kappa shape index (κ2) is 26.2. The molecule has 3 atom stereocenters. The fourth-order valence-corrected chi connectivity index (χ4v) is 18.6. The normalized spacial score (nSPS) is 18.5. The molecule has 6 heterocycles. The summed E-state index contributed by atoms with van der Waals surface area (Å²) in [5, 5.41) is 24.6. The first kappa shape index (κ1) is 64.0. The number of benzene rings is 3. The molecule has 6 aliphatic carbocycles. The van der Waals surface area contributed by atoms with Crippen LogP contribution in [0.5, 0.6) is 17.6 Å². The highest BCUT2D eigenvalue weighted by molar-refractivity contribution is 7.91. The van der Waals surface area contributed by atoms with E-state index in [1.165, 1.54) is 90.9 Å². The molecule has 0 bridgehead atoms. The van der Waals surface area contributed by atoms with Crippen molar-refractivity contribution < 1.29 is 41.2 Å². The SMILES string of the molecule is CN(C)Cc1c2c(c(NC(=O)NS(=N)(=O)c3cnn4c3OCCC4)c3c1CCC3)CCC2.CNCc1c2c(c(NC(=O)NS(=N)(=O)c3cnn4c3OCCC4)c3c1CCC3)CCC2.N=S(=O)(NC(=O)Nc1c2c(c(CN)c3c1CCC3)CCC2)c1cnn2c1OCCC2. The van der Waals surface area contributed by atoms with Gasteiger partial charge in [0.15, 0.2) is 29.7 Å². The van der Waals surface area contributed by atoms with Gasteiger partial charge in [0.05, 0.1) is 38.4 Å². The molecule has 0 saturated heterocycles. The van der Waals surface area contributed by atoms with Crippen molar-refractivity contribution in [1.29, 1.82) is 14.3 Å². The summed E-state index contributed by atoms with van der Waals surface area (Å²) in [6.45, 7) is 5.65. The van der Waals surface area contributed by atoms with Gasteiger partial charge in [-0.3, -0.25) is 0 Å². The zero-order valence-corrected chi connectivity index (χ0v) is 55.5. The number of nitrogens with zero attached hydrogens (tertiary/aromatic N) is 7. The van der Waals surface area contributed by atoms with Crippen LogP contribution in [-0.4, -0.2) is 106 Å². The van der Waals surface area contributed by atoms with Crippen molar-refractivity contribution in [2.45, 2.75) is 189 Å². The summed E-state index contributed by atoms with van der Waals surface area (Å²) in [6.07, 6.45) is 24.4. The number of nitrogens with two attached hydrogens (primary N) is 1. The minimum absolute atomic E-state index is 0.103. The predicted octanol–water partition coefficient (Wildman–Crippen LogP) is 7.60. The van der Waals surface area contributed by atoms with Gasteiger partial charge in [-0.05, 0) is 220 Å². The zero-order valence-electron chi connectivity index (χ0n) is 53.1. The van der Waals surface area contributed by atoms with Crippen LogP contribution in [-0.2, 0) is 146 Å². The quantitative estimate of drug-likeness (QED) is 0.0500. The van der Waals surface area contributed by atoms with Gasteiger partial charge in [-0.25, -0.2) is 69.6 Å². The summed E-state index contributed by atoms with van der Waals surface area (Å²) in [4.78, 5) is 41.2. The van der Waals surface area contributed by atoms with E-state index in [-0.39, 0.29) is 14.7 Å². The molecular weight excluding hydrogens is 1250 g/mol. The molecule has 0 fully saturated rings. The molecule has 3 aliphatic heterocycles. The number of aryl methyl sites for hydroxylation is 3. The van der Waals surface area contributed by atoms with Crippen molar-refractivity contribution in [2.24, 2.45) is 5.73 Å². The Kier molecular flexibility index (Phi) is 18.0. The van der Waals surface area contributed by atoms with E-state index in [1.54, 1.807) is 14.0 Å². The Morgan fingerprint density at radius 3 is 1.02 bits per heavy atom. The maximum absolute atomic E-state index is 13.1. The maximum atomic E-state index is 13.1. The number of rotatable bonds is 14. The lowest BCUT2D eigenvalue weighted by Crippen LogP contribution is -2.34. The first-order valence-electron chi connectivity index (χ1n) is 32.6. The van der Waals surface area contributed by atoms with Crippen molar-refractivity contribution in [3.63, 3.8) is 0 Å². The van der Waals surface area contributed by atoms with Gasteiger partial charge in [-0.2, -0.15) is 15.3 Å². The number of carbonyl (C=O) groups excluding carboxylic acids is 3. The van der Waals surface area contributed by atoms with E-state index in [0.717, 1.165) is 176 Å². The lowest BCUT2D eigenvalue weighted by atomic mass is 9.91. The van der Waals surface area contributed by atoms with E-state index < -0.39 is 47.8 Å². The number of urea groups is 3. The predicted molar refractivity (Wildman–Crippen MR) is 350 cm³/mol. The molecule has 30 heteroatoms. The molecule has 12 N–H and O–H groups in total. The standard InChI is InChI=1S/C22H30N6O3S.C21H28N6O3S.C20H26N6O3S/c1-27(2)13-18-14-6-3-8-16(14)20(17-9-4-7-15(17)18)25-22(29)26-32(23,30)19-12-24-28-10-5-11-31-21(19)28;1-23-11-17-13-5-2-7-15(13)19(16-8-3-6-14(16)17)25-21(28)26-31(22,29)18-12-24-27-9-4-10-30-20(18)27;21-10-16-12-4-1-6-14(12)18(15-7-2-5-13(15)16)24-20(27)25-30(22,28)17-11-23-26-8-3-9-29-19(17)26/h12H,3-11,13H2,1-2H3,(H3,23,25,26,29,30);12,23H,2-11H2,1H3,(H3,22,25,26,28,29);11H,1-10,21H2,(H3,22,24,25,27,28). The van der Waals surface area contributed by atoms with E-state index in [4.69, 9.17) is 34.3 Å². The highest BCUT2D eigenvalue weighted by Crippen LogP contribution is 2.45. The third-order valence-corrected chi connectivity index (χ3v) is 23.3. The monoisotopic (exact) mass is 1330 g/mol. The number of hydrogen-bond acceptors (Lipinski definition) is 18. The van der Waals surface area contributed by atoms with Gasteiger partial charge in [0.2, 0.25) is 17.6 Å². The number of anilines is 3. The van der Waals surface area contributed by atoms with Crippen LogP contribution in [0, 0.1) is 14.3 Å². The lowest BCUT2D eigenvalue weighted by molar-refractivity contribution is 0.224. The Bertz CT molecular complexity index is 4240. The molecular formula is C63H84N18O9S3. The average molecular weight is 1330 g/mol. The van der Waals surface area contributed by atoms with Gasteiger partial charge >= 0.3 is 18.1 Å². The van der Waals surface area contributed by atoms with Crippen molar-refractivity contribution in [3.05, 3.63) is 102 Å². The average Bonchev–Trinajstić information content (AvgIpc) is 1.67. The molecule has 27 nitrogen and oxygen atoms in total. The molecule has 0 saturated carbocycles. The number of amides is 6. The van der Waals surface area contributed by atoms with Crippen LogP contribution >= 0.6 is 0 Å². The molecule has 3 aromatic carbocycles. The van der Waals surface area contributed by atoms with E-state index in [2.05, 4.69) is 69.7 Å². The van der Waals surface area contributed by atoms with Gasteiger partial charge < -0.3 is 46.1 Å². The summed E-state index contributed by atoms with van der Waals surface area (Å²) < 4.78 is 92.8. The van der Waals surface area contributed by atoms with Crippen LogP contribution in [0.1, 0.15) is 141 Å². The van der Waals surface area contributed by atoms with Gasteiger partial charge in [0.25, 0.3) is 0 Å². The second-order valence-corrected chi connectivity index (χ2v) is 30.7. The topological polar surface area (TPSA) is 369 Å². The Hall–Kier alpha value is -7.77. The summed E-state index contributed by atoms with van der Waals surface area (Å²) >= 11 is 0. The summed E-state index contributed by atoms with van der Waals surface area (Å²) in [5.41, 5.74) is 27.7. The van der Waals surface area contributed by atoms with Crippen LogP contribution < -0.4 is 55.4 Å². The van der Waals surface area contributed by atoms with E-state index >= 15 is 0 Å². The third kappa shape index (κ3) is 12.4. The molecule has 498 valence electrons. The first-order valence-corrected chi connectivity index (χ1v) is 37.2. The first-order chi connectivity index (χ1) is 44.8. The van der Waals surface area contributed by atoms with Crippen molar-refractivity contribution in [3.8, 4) is 17.6 Å². The molecule has 3 unspecified atom stereocenters. The van der Waals surface area contributed by atoms with E-state index in [1.807, 2.05) is 7.05 Å². The lowest BCUT2D eigenvalue weighted by Gasteiger charge is -2.23. The number of ether oxygens (including phenoxy) is 3. The van der Waals surface area contributed by atoms with Gasteiger partial charge in [0, 0.05) is 75.6 Å². The summed E-state index contributed by atoms with van der Waals surface area (Å²) in [6, 6.07) is -1.89. The van der Waals surface area contributed by atoms with Crippen molar-refractivity contribution >= 4 is 64.9 Å². The molecule has 0 spiro atoms. The Morgan fingerprint density at radius 1 is 0.462 bits per heavy atom. The number of carbonyl (C=O) groups is 3. The molecule has 6 aromatic rings. The van der Waals surface area contributed by atoms with Crippen LogP contribution in [0.3, 0.4) is 0 Å². The smallest absolute Gasteiger partial charge is 0.331 e. The molecule has 93 heavy (non-hydrogen) atoms. The molecule has 3 aromatic heterocycles. The Balaban J connectivity index is 0.000000127. The van der Waals surface area contributed by atoms with Crippen molar-refractivity contribution in [2.75, 3.05) is 56.9 Å². The minimum Gasteiger partial charge on any atom is -0.477 e. The zero-order chi connectivity index (χ0) is 64.9. The van der Waals surface area contributed by atoms with E-state index in [9.17, 15) is 27.0 Å². The van der Waals surface area contributed by atoms with Crippen LogP contribution in [0.25, 0.3) is 0 Å². The molecule has 15 rings (SSSR count). The van der Waals surface area contributed by atoms with Crippen LogP contribution in [0.2, 0.25) is 0 Å². The number of fused-ring (bicyclic) bond motifs is 9. The van der Waals surface area contributed by atoms with Gasteiger partial charge in [-0.1, -0.05) is 0 Å². The van der Waals surface area contributed by atoms with Gasteiger partial charge in [-0.15, -0.1) is 0 Å². The largest absolute Gasteiger partial charge is 0.477 e. The molecule has 0 radical (unpaired) electrons. The van der Waals surface area contributed by atoms with Crippen molar-refractivity contribution in [1.82, 2.24) is 53.7 Å². The summed E-state index contributed by atoms with van der Waals surface area (Å²) in [5.74, 6) is 0.923. The van der Waals surface area contributed by atoms with E-state index in [0.29, 0.717) is 63.6 Å². The third-order valence-electron chi connectivity index (χ3n) is 19.2. The fraction of sp³-hybridized carbons (Fsp3) is 0.524. The molecule has 9 aliphatic rings. The fourth-order valence-electron chi connectivity index (χ4n) is 15.5. The number of hydrogen-bond donors (Lipinski definition) is 11. The minimum atomic E-state index is -3.61. The Labute approximate surface area is 542 Å². The molecule has 6 amide bonds. The summed E-state index contributed by atoms with van der Waals surface area (Å²) in [7, 11) is -4.68. The van der Waals surface area contributed by atoms with Crippen LogP contribution in [0.4, 0.5) is 31.4 Å². The maximum Gasteiger partial charge on any atom is 0.331 e. The number of aromatic nitrogens is 6. The number of nitrogens with one attached hydrogen (secondary N) is 10. The van der Waals surface area contributed by atoms with Gasteiger partial charge in [0.1, 0.15) is 14.7 Å².